The number of hydrogen-bond donors (Lipinski definition) is 2. The van der Waals surface area contributed by atoms with E-state index in [-0.39, 0.29) is 24.0 Å². The van der Waals surface area contributed by atoms with Crippen molar-refractivity contribution < 1.29 is 19.4 Å². The maximum absolute atomic E-state index is 12.1. The highest BCUT2D eigenvalue weighted by atomic mass is 16.5. The van der Waals surface area contributed by atoms with E-state index in [2.05, 4.69) is 5.32 Å². The average Bonchev–Trinajstić information content (AvgIpc) is 2.56. The molecule has 0 bridgehead atoms. The molecule has 23 heavy (non-hydrogen) atoms. The number of benzene rings is 2. The zero-order valence-electron chi connectivity index (χ0n) is 12.9. The van der Waals surface area contributed by atoms with Crippen LogP contribution in [0.3, 0.4) is 0 Å². The predicted octanol–water partition coefficient (Wildman–Crippen LogP) is 3.14. The summed E-state index contributed by atoms with van der Waals surface area (Å²) in [6.07, 6.45) is 0.525. The normalized spacial score (nSPS) is 10.1. The molecule has 5 heteroatoms. The van der Waals surface area contributed by atoms with Crippen LogP contribution in [0.1, 0.15) is 29.3 Å². The van der Waals surface area contributed by atoms with E-state index in [4.69, 9.17) is 4.74 Å². The Morgan fingerprint density at radius 2 is 1.83 bits per heavy atom. The number of hydrogen-bond acceptors (Lipinski definition) is 4. The van der Waals surface area contributed by atoms with Gasteiger partial charge in [0.05, 0.1) is 12.3 Å². The van der Waals surface area contributed by atoms with E-state index >= 15 is 0 Å². The number of rotatable bonds is 6. The summed E-state index contributed by atoms with van der Waals surface area (Å²) in [5, 5.41) is 12.9. The number of carbonyl (C=O) groups is 2. The van der Waals surface area contributed by atoms with Crippen molar-refractivity contribution in [2.45, 2.75) is 19.8 Å². The number of ether oxygens (including phenoxy) is 1. The Kier molecular flexibility index (Phi) is 5.74. The Hall–Kier alpha value is -2.82. The first-order valence-electron chi connectivity index (χ1n) is 7.44. The Bertz CT molecular complexity index is 683. The molecular formula is C18H19NO4. The van der Waals surface area contributed by atoms with Crippen molar-refractivity contribution in [1.82, 2.24) is 0 Å². The summed E-state index contributed by atoms with van der Waals surface area (Å²) in [4.78, 5) is 23.5. The van der Waals surface area contributed by atoms with Gasteiger partial charge in [0.1, 0.15) is 5.75 Å². The van der Waals surface area contributed by atoms with Crippen molar-refractivity contribution in [3.8, 4) is 5.75 Å². The summed E-state index contributed by atoms with van der Waals surface area (Å²) in [6, 6.07) is 13.8. The summed E-state index contributed by atoms with van der Waals surface area (Å²) < 4.78 is 4.87. The number of carbonyl (C=O) groups excluding carboxylic acids is 2. The number of phenols is 1. The van der Waals surface area contributed by atoms with E-state index in [9.17, 15) is 14.7 Å². The standard InChI is InChI=1S/C18H19NO4/c1-2-23-16(20)12-11-13-9-6-10-15(17(13)21)19-18(22)14-7-4-3-5-8-14/h3-10,21H,2,11-12H2,1H3,(H,19,22). The van der Waals surface area contributed by atoms with Gasteiger partial charge in [0.2, 0.25) is 0 Å². The highest BCUT2D eigenvalue weighted by Crippen LogP contribution is 2.28. The topological polar surface area (TPSA) is 75.6 Å². The Balaban J connectivity index is 2.07. The zero-order valence-corrected chi connectivity index (χ0v) is 12.9. The number of aryl methyl sites for hydroxylation is 1. The first-order valence-corrected chi connectivity index (χ1v) is 7.44. The van der Waals surface area contributed by atoms with E-state index < -0.39 is 0 Å². The van der Waals surface area contributed by atoms with E-state index in [1.807, 2.05) is 6.07 Å². The van der Waals surface area contributed by atoms with Crippen LogP contribution in [-0.2, 0) is 16.0 Å². The molecule has 2 aromatic rings. The molecule has 0 spiro atoms. The lowest BCUT2D eigenvalue weighted by atomic mass is 10.1. The molecule has 0 aliphatic rings. The first kappa shape index (κ1) is 16.5. The molecule has 0 atom stereocenters. The molecular weight excluding hydrogens is 294 g/mol. The minimum absolute atomic E-state index is 0.0268. The van der Waals surface area contributed by atoms with Crippen molar-refractivity contribution in [1.29, 1.82) is 0 Å². The molecule has 0 aliphatic carbocycles. The average molecular weight is 313 g/mol. The van der Waals surface area contributed by atoms with Crippen LogP contribution < -0.4 is 5.32 Å². The second-order valence-corrected chi connectivity index (χ2v) is 4.94. The summed E-state index contributed by atoms with van der Waals surface area (Å²) in [6.45, 7) is 2.08. The third kappa shape index (κ3) is 4.57. The molecule has 2 rings (SSSR count). The number of para-hydroxylation sites is 1. The van der Waals surface area contributed by atoms with Crippen LogP contribution in [0.2, 0.25) is 0 Å². The van der Waals surface area contributed by atoms with Crippen molar-refractivity contribution in [3.63, 3.8) is 0 Å². The molecule has 2 N–H and O–H groups in total. The minimum atomic E-state index is -0.314. The van der Waals surface area contributed by atoms with Gasteiger partial charge in [-0.1, -0.05) is 30.3 Å². The van der Waals surface area contributed by atoms with E-state index in [1.54, 1.807) is 49.4 Å². The molecule has 0 aliphatic heterocycles. The second-order valence-electron chi connectivity index (χ2n) is 4.94. The van der Waals surface area contributed by atoms with Gasteiger partial charge in [0.25, 0.3) is 5.91 Å². The molecule has 5 nitrogen and oxygen atoms in total. The fraction of sp³-hybridized carbons (Fsp3) is 0.222. The molecule has 0 heterocycles. The Morgan fingerprint density at radius 1 is 1.09 bits per heavy atom. The molecule has 0 fully saturated rings. The summed E-state index contributed by atoms with van der Waals surface area (Å²) in [5.41, 5.74) is 1.41. The Morgan fingerprint density at radius 3 is 2.52 bits per heavy atom. The van der Waals surface area contributed by atoms with Crippen LogP contribution in [0.15, 0.2) is 48.5 Å². The number of aromatic hydroxyl groups is 1. The molecule has 0 saturated carbocycles. The summed E-state index contributed by atoms with van der Waals surface area (Å²) in [7, 11) is 0. The van der Waals surface area contributed by atoms with Crippen LogP contribution in [-0.4, -0.2) is 23.6 Å². The van der Waals surface area contributed by atoms with Gasteiger partial charge in [-0.2, -0.15) is 0 Å². The van der Waals surface area contributed by atoms with Crippen molar-refractivity contribution in [2.24, 2.45) is 0 Å². The van der Waals surface area contributed by atoms with Crippen LogP contribution in [0.5, 0.6) is 5.75 Å². The maximum atomic E-state index is 12.1. The number of amides is 1. The number of anilines is 1. The van der Waals surface area contributed by atoms with Crippen LogP contribution >= 0.6 is 0 Å². The lowest BCUT2D eigenvalue weighted by molar-refractivity contribution is -0.143. The fourth-order valence-corrected chi connectivity index (χ4v) is 2.15. The molecule has 0 saturated heterocycles. The van der Waals surface area contributed by atoms with Crippen LogP contribution in [0.4, 0.5) is 5.69 Å². The lowest BCUT2D eigenvalue weighted by Crippen LogP contribution is -2.12. The molecule has 1 amide bonds. The molecule has 0 radical (unpaired) electrons. The van der Waals surface area contributed by atoms with Gasteiger partial charge in [-0.25, -0.2) is 0 Å². The Labute approximate surface area is 134 Å². The highest BCUT2D eigenvalue weighted by Gasteiger charge is 2.12. The quantitative estimate of drug-likeness (QED) is 0.634. The lowest BCUT2D eigenvalue weighted by Gasteiger charge is -2.11. The van der Waals surface area contributed by atoms with Gasteiger partial charge in [0, 0.05) is 12.0 Å². The number of esters is 1. The predicted molar refractivity (Wildman–Crippen MR) is 87.5 cm³/mol. The fourth-order valence-electron chi connectivity index (χ4n) is 2.15. The second kappa shape index (κ2) is 7.98. The smallest absolute Gasteiger partial charge is 0.306 e. The van der Waals surface area contributed by atoms with Crippen LogP contribution in [0.25, 0.3) is 0 Å². The monoisotopic (exact) mass is 313 g/mol. The third-order valence-electron chi connectivity index (χ3n) is 3.31. The van der Waals surface area contributed by atoms with Gasteiger partial charge >= 0.3 is 5.97 Å². The first-order chi connectivity index (χ1) is 11.1. The van der Waals surface area contributed by atoms with Crippen molar-refractivity contribution in [3.05, 3.63) is 59.7 Å². The van der Waals surface area contributed by atoms with Gasteiger partial charge in [-0.3, -0.25) is 9.59 Å². The van der Waals surface area contributed by atoms with Gasteiger partial charge in [0.15, 0.2) is 0 Å². The molecule has 0 unspecified atom stereocenters. The van der Waals surface area contributed by atoms with Crippen LogP contribution in [0, 0.1) is 0 Å². The van der Waals surface area contributed by atoms with Gasteiger partial charge < -0.3 is 15.2 Å². The molecule has 2 aromatic carbocycles. The molecule has 0 aromatic heterocycles. The zero-order chi connectivity index (χ0) is 16.7. The maximum Gasteiger partial charge on any atom is 0.306 e. The van der Waals surface area contributed by atoms with Gasteiger partial charge in [-0.15, -0.1) is 0 Å². The van der Waals surface area contributed by atoms with Gasteiger partial charge in [-0.05, 0) is 37.1 Å². The summed E-state index contributed by atoms with van der Waals surface area (Å²) >= 11 is 0. The van der Waals surface area contributed by atoms with Crippen molar-refractivity contribution >= 4 is 17.6 Å². The van der Waals surface area contributed by atoms with Crippen molar-refractivity contribution in [2.75, 3.05) is 11.9 Å². The summed E-state index contributed by atoms with van der Waals surface area (Å²) in [5.74, 6) is -0.643. The van der Waals surface area contributed by atoms with E-state index in [0.717, 1.165) is 0 Å². The van der Waals surface area contributed by atoms with E-state index in [0.29, 0.717) is 29.8 Å². The largest absolute Gasteiger partial charge is 0.505 e. The third-order valence-corrected chi connectivity index (χ3v) is 3.31. The number of nitrogens with one attached hydrogen (secondary N) is 1. The van der Waals surface area contributed by atoms with E-state index in [1.165, 1.54) is 0 Å². The molecule has 120 valence electrons. The number of phenolic OH excluding ortho intramolecular Hbond substituents is 1. The SMILES string of the molecule is CCOC(=O)CCc1cccc(NC(=O)c2ccccc2)c1O. The minimum Gasteiger partial charge on any atom is -0.505 e. The highest BCUT2D eigenvalue weighted by molar-refractivity contribution is 6.05.